The normalized spacial score (nSPS) is 8.78. The van der Waals surface area contributed by atoms with Gasteiger partial charge in [-0.1, -0.05) is 11.3 Å². The molecule has 3 nitrogen and oxygen atoms in total. The topological polar surface area (TPSA) is 43.3 Å². The molecule has 0 amide bonds. The highest BCUT2D eigenvalue weighted by atomic mass is 32.2. The van der Waals surface area contributed by atoms with Crippen LogP contribution < -0.4 is 5.73 Å². The van der Waals surface area contributed by atoms with Crippen LogP contribution in [0.15, 0.2) is 10.4 Å². The molecule has 0 bridgehead atoms. The molecule has 0 spiro atoms. The van der Waals surface area contributed by atoms with Crippen LogP contribution >= 0.6 is 23.3 Å². The van der Waals surface area contributed by atoms with Crippen LogP contribution in [0.2, 0.25) is 0 Å². The van der Waals surface area contributed by atoms with Gasteiger partial charge in [-0.15, -0.1) is 0 Å². The SMILES string of the molecule is [C-]#[N+]Sc1cnc(N)s1. The Hall–Kier alpha value is -0.730. The van der Waals surface area contributed by atoms with Crippen molar-refractivity contribution in [1.82, 2.24) is 4.98 Å². The van der Waals surface area contributed by atoms with Crippen LogP contribution in [-0.2, 0) is 0 Å². The summed E-state index contributed by atoms with van der Waals surface area (Å²) in [6.45, 7) is 6.48. The van der Waals surface area contributed by atoms with E-state index in [9.17, 15) is 0 Å². The van der Waals surface area contributed by atoms with Gasteiger partial charge in [0.2, 0.25) is 0 Å². The second-order valence-corrected chi connectivity index (χ2v) is 3.33. The van der Waals surface area contributed by atoms with Gasteiger partial charge in [0.15, 0.2) is 9.34 Å². The monoisotopic (exact) mass is 157 g/mol. The number of aromatic nitrogens is 1. The smallest absolute Gasteiger partial charge is 0.307 e. The lowest BCUT2D eigenvalue weighted by atomic mass is 11.0. The molecule has 0 aliphatic rings. The Balaban J connectivity index is 2.76. The molecule has 0 aliphatic heterocycles. The number of anilines is 1. The molecular formula is C4H3N3S2. The standard InChI is InChI=1S/C4H3N3S2/c1-6-9-3-2-7-4(5)8-3/h2H,(H2,5,7). The number of rotatable bonds is 1. The van der Waals surface area contributed by atoms with Gasteiger partial charge in [0.05, 0.1) is 6.20 Å². The summed E-state index contributed by atoms with van der Waals surface area (Å²) in [5.41, 5.74) is 5.30. The summed E-state index contributed by atoms with van der Waals surface area (Å²) < 4.78 is 3.95. The predicted molar refractivity (Wildman–Crippen MR) is 39.0 cm³/mol. The van der Waals surface area contributed by atoms with Gasteiger partial charge in [0, 0.05) is 0 Å². The third-order valence-electron chi connectivity index (χ3n) is 0.638. The van der Waals surface area contributed by atoms with Crippen LogP contribution in [-0.4, -0.2) is 4.98 Å². The molecule has 0 aromatic carbocycles. The Kier molecular flexibility index (Phi) is 1.92. The van der Waals surface area contributed by atoms with Crippen molar-refractivity contribution in [2.24, 2.45) is 0 Å². The van der Waals surface area contributed by atoms with E-state index in [1.165, 1.54) is 11.3 Å². The molecule has 2 N–H and O–H groups in total. The third kappa shape index (κ3) is 1.59. The average Bonchev–Trinajstić information content (AvgIpc) is 2.17. The van der Waals surface area contributed by atoms with Crippen LogP contribution in [0.25, 0.3) is 4.25 Å². The first-order valence-corrected chi connectivity index (χ1v) is 3.67. The van der Waals surface area contributed by atoms with E-state index in [-0.39, 0.29) is 0 Å². The van der Waals surface area contributed by atoms with Gasteiger partial charge in [0.25, 0.3) is 0 Å². The molecule has 1 aromatic rings. The molecular weight excluding hydrogens is 154 g/mol. The lowest BCUT2D eigenvalue weighted by Crippen LogP contribution is -1.77. The van der Waals surface area contributed by atoms with Crippen molar-refractivity contribution in [1.29, 1.82) is 0 Å². The maximum Gasteiger partial charge on any atom is 0.307 e. The fourth-order valence-electron chi connectivity index (χ4n) is 0.359. The molecule has 0 atom stereocenters. The van der Waals surface area contributed by atoms with Crippen LogP contribution in [0.5, 0.6) is 0 Å². The highest BCUT2D eigenvalue weighted by Crippen LogP contribution is 2.26. The first-order chi connectivity index (χ1) is 4.33. The van der Waals surface area contributed by atoms with E-state index in [2.05, 4.69) is 9.23 Å². The molecule has 0 unspecified atom stereocenters. The quantitative estimate of drug-likeness (QED) is 0.498. The largest absolute Gasteiger partial charge is 0.375 e. The lowest BCUT2D eigenvalue weighted by molar-refractivity contribution is 1.38. The first kappa shape index (κ1) is 6.39. The van der Waals surface area contributed by atoms with Crippen molar-refractivity contribution in [2.45, 2.75) is 4.21 Å². The molecule has 46 valence electrons. The van der Waals surface area contributed by atoms with Crippen LogP contribution in [0.4, 0.5) is 5.13 Å². The fraction of sp³-hybridized carbons (Fsp3) is 0. The molecule has 0 aliphatic carbocycles. The Morgan fingerprint density at radius 2 is 2.67 bits per heavy atom. The van der Waals surface area contributed by atoms with Gasteiger partial charge in [-0.25, -0.2) is 15.8 Å². The number of hydrogen-bond donors (Lipinski definition) is 1. The van der Waals surface area contributed by atoms with Crippen molar-refractivity contribution < 1.29 is 0 Å². The maximum absolute atomic E-state index is 6.48. The summed E-state index contributed by atoms with van der Waals surface area (Å²) in [4.78, 5) is 3.77. The van der Waals surface area contributed by atoms with Gasteiger partial charge in [-0.3, -0.25) is 0 Å². The van der Waals surface area contributed by atoms with Crippen molar-refractivity contribution in [3.63, 3.8) is 0 Å². The summed E-state index contributed by atoms with van der Waals surface area (Å²) in [6.07, 6.45) is 1.60. The van der Waals surface area contributed by atoms with Gasteiger partial charge < -0.3 is 5.73 Å². The molecule has 0 saturated heterocycles. The van der Waals surface area contributed by atoms with Crippen LogP contribution in [0, 0.1) is 6.57 Å². The molecule has 0 fully saturated rings. The molecule has 0 saturated carbocycles. The summed E-state index contributed by atoms with van der Waals surface area (Å²) in [5.74, 6) is 0. The van der Waals surface area contributed by atoms with Gasteiger partial charge >= 0.3 is 11.9 Å². The molecule has 1 heterocycles. The van der Waals surface area contributed by atoms with Gasteiger partial charge in [-0.2, -0.15) is 0 Å². The number of thiazole rings is 1. The Labute approximate surface area is 60.9 Å². The lowest BCUT2D eigenvalue weighted by Gasteiger charge is -1.71. The number of nitrogens with zero attached hydrogens (tertiary/aromatic N) is 2. The second kappa shape index (κ2) is 2.71. The zero-order valence-corrected chi connectivity index (χ0v) is 6.00. The third-order valence-corrected chi connectivity index (χ3v) is 2.11. The Bertz CT molecular complexity index is 236. The zero-order chi connectivity index (χ0) is 6.69. The van der Waals surface area contributed by atoms with E-state index < -0.39 is 0 Å². The van der Waals surface area contributed by atoms with E-state index >= 15 is 0 Å². The van der Waals surface area contributed by atoms with Gasteiger partial charge in [0.1, 0.15) is 0 Å². The number of nitrogens with two attached hydrogens (primary N) is 1. The zero-order valence-electron chi connectivity index (χ0n) is 4.37. The molecule has 9 heavy (non-hydrogen) atoms. The summed E-state index contributed by atoms with van der Waals surface area (Å²) >= 11 is 2.39. The molecule has 1 aromatic heterocycles. The molecule has 0 radical (unpaired) electrons. The first-order valence-electron chi connectivity index (χ1n) is 2.08. The Morgan fingerprint density at radius 3 is 3.11 bits per heavy atom. The fourth-order valence-corrected chi connectivity index (χ4v) is 1.48. The minimum Gasteiger partial charge on any atom is -0.375 e. The molecule has 5 heteroatoms. The van der Waals surface area contributed by atoms with Crippen molar-refractivity contribution in [3.8, 4) is 0 Å². The summed E-state index contributed by atoms with van der Waals surface area (Å²) in [7, 11) is 0. The highest BCUT2D eigenvalue weighted by molar-refractivity contribution is 8.03. The number of nitrogen functional groups attached to an aromatic ring is 1. The predicted octanol–water partition coefficient (Wildman–Crippen LogP) is 1.65. The van der Waals surface area contributed by atoms with Crippen molar-refractivity contribution in [2.75, 3.05) is 5.73 Å². The minimum absolute atomic E-state index is 0.515. The molecule has 1 rings (SSSR count). The van der Waals surface area contributed by atoms with Crippen LogP contribution in [0.1, 0.15) is 0 Å². The summed E-state index contributed by atoms with van der Waals surface area (Å²) in [6, 6.07) is 0. The number of hydrogen-bond acceptors (Lipinski definition) is 4. The summed E-state index contributed by atoms with van der Waals surface area (Å²) in [5, 5.41) is 0.515. The second-order valence-electron chi connectivity index (χ2n) is 1.20. The van der Waals surface area contributed by atoms with E-state index in [1.807, 2.05) is 0 Å². The van der Waals surface area contributed by atoms with E-state index in [4.69, 9.17) is 12.3 Å². The van der Waals surface area contributed by atoms with E-state index in [1.54, 1.807) is 6.20 Å². The highest BCUT2D eigenvalue weighted by Gasteiger charge is 2.01. The van der Waals surface area contributed by atoms with Crippen molar-refractivity contribution in [3.05, 3.63) is 17.0 Å². The van der Waals surface area contributed by atoms with Crippen LogP contribution in [0.3, 0.4) is 0 Å². The Morgan fingerprint density at radius 1 is 1.89 bits per heavy atom. The average molecular weight is 157 g/mol. The van der Waals surface area contributed by atoms with E-state index in [0.717, 1.165) is 16.2 Å². The maximum atomic E-state index is 6.48. The minimum atomic E-state index is 0.515. The van der Waals surface area contributed by atoms with Crippen molar-refractivity contribution >= 4 is 28.4 Å². The van der Waals surface area contributed by atoms with Gasteiger partial charge in [-0.05, 0) is 0 Å². The van der Waals surface area contributed by atoms with E-state index in [0.29, 0.717) is 5.13 Å².